The number of hydrogen-bond acceptors (Lipinski definition) is 3. The number of nitrogens with two attached hydrogens (primary N) is 1. The standard InChI is InChI=1S/C19H19FN4O.HI/c1-13-2-8-16(9-3-13)24-19(21)22-11-10-17-12-25-18(23-17)14-4-6-15(20)7-5-14;/h2-9,12H,10-11H2,1H3,(H3,21,22,24);1H. The summed E-state index contributed by atoms with van der Waals surface area (Å²) < 4.78 is 18.4. The Kier molecular flexibility index (Phi) is 7.14. The zero-order chi connectivity index (χ0) is 17.6. The van der Waals surface area contributed by atoms with Crippen molar-refractivity contribution in [2.45, 2.75) is 13.3 Å². The first-order chi connectivity index (χ1) is 12.1. The smallest absolute Gasteiger partial charge is 0.226 e. The third kappa shape index (κ3) is 5.55. The molecule has 0 saturated heterocycles. The Labute approximate surface area is 168 Å². The molecule has 3 N–H and O–H groups in total. The van der Waals surface area contributed by atoms with E-state index in [1.807, 2.05) is 31.2 Å². The minimum Gasteiger partial charge on any atom is -0.444 e. The van der Waals surface area contributed by atoms with Crippen molar-refractivity contribution in [2.24, 2.45) is 10.7 Å². The predicted molar refractivity (Wildman–Crippen MR) is 112 cm³/mol. The summed E-state index contributed by atoms with van der Waals surface area (Å²) >= 11 is 0. The van der Waals surface area contributed by atoms with Crippen molar-refractivity contribution >= 4 is 35.6 Å². The van der Waals surface area contributed by atoms with Crippen LogP contribution in [0.3, 0.4) is 0 Å². The minimum absolute atomic E-state index is 0. The Hall–Kier alpha value is -2.42. The van der Waals surface area contributed by atoms with Crippen LogP contribution in [-0.4, -0.2) is 17.5 Å². The lowest BCUT2D eigenvalue weighted by atomic mass is 10.2. The van der Waals surface area contributed by atoms with Gasteiger partial charge in [0.15, 0.2) is 5.96 Å². The number of guanidine groups is 1. The number of hydrogen-bond donors (Lipinski definition) is 2. The lowest BCUT2D eigenvalue weighted by Crippen LogP contribution is -2.23. The zero-order valence-electron chi connectivity index (χ0n) is 14.3. The number of anilines is 1. The van der Waals surface area contributed by atoms with E-state index in [0.717, 1.165) is 16.9 Å². The molecule has 0 aliphatic heterocycles. The van der Waals surface area contributed by atoms with Crippen LogP contribution in [0.4, 0.5) is 10.1 Å². The van der Waals surface area contributed by atoms with Crippen LogP contribution in [0, 0.1) is 12.7 Å². The summed E-state index contributed by atoms with van der Waals surface area (Å²) in [5, 5.41) is 3.04. The van der Waals surface area contributed by atoms with Crippen LogP contribution in [0.5, 0.6) is 0 Å². The average molecular weight is 466 g/mol. The van der Waals surface area contributed by atoms with E-state index < -0.39 is 0 Å². The van der Waals surface area contributed by atoms with E-state index in [9.17, 15) is 4.39 Å². The predicted octanol–water partition coefficient (Wildman–Crippen LogP) is 4.38. The van der Waals surface area contributed by atoms with Gasteiger partial charge >= 0.3 is 0 Å². The Bertz CT molecular complexity index is 860. The second-order valence-corrected chi connectivity index (χ2v) is 5.66. The van der Waals surface area contributed by atoms with Crippen LogP contribution in [0.25, 0.3) is 11.5 Å². The molecule has 2 aromatic carbocycles. The van der Waals surface area contributed by atoms with Gasteiger partial charge in [-0.2, -0.15) is 0 Å². The molecule has 7 heteroatoms. The van der Waals surface area contributed by atoms with Crippen molar-refractivity contribution in [3.8, 4) is 11.5 Å². The largest absolute Gasteiger partial charge is 0.444 e. The zero-order valence-corrected chi connectivity index (χ0v) is 16.6. The number of benzene rings is 2. The number of halogens is 2. The lowest BCUT2D eigenvalue weighted by molar-refractivity contribution is 0.572. The third-order valence-corrected chi connectivity index (χ3v) is 3.62. The summed E-state index contributed by atoms with van der Waals surface area (Å²) in [6, 6.07) is 13.9. The minimum atomic E-state index is -0.290. The number of aryl methyl sites for hydroxylation is 1. The van der Waals surface area contributed by atoms with E-state index in [1.165, 1.54) is 17.7 Å². The summed E-state index contributed by atoms with van der Waals surface area (Å²) in [6.45, 7) is 2.51. The number of oxazole rings is 1. The van der Waals surface area contributed by atoms with Crippen LogP contribution in [0.15, 0.2) is 64.2 Å². The fourth-order valence-electron chi connectivity index (χ4n) is 2.26. The fourth-order valence-corrected chi connectivity index (χ4v) is 2.26. The molecule has 26 heavy (non-hydrogen) atoms. The van der Waals surface area contributed by atoms with Crippen LogP contribution in [0.1, 0.15) is 11.3 Å². The summed E-state index contributed by atoms with van der Waals surface area (Å²) in [4.78, 5) is 8.66. The highest BCUT2D eigenvalue weighted by Crippen LogP contribution is 2.19. The quantitative estimate of drug-likeness (QED) is 0.333. The molecule has 0 saturated carbocycles. The van der Waals surface area contributed by atoms with E-state index >= 15 is 0 Å². The monoisotopic (exact) mass is 466 g/mol. The summed E-state index contributed by atoms with van der Waals surface area (Å²) in [5.41, 5.74) is 9.46. The lowest BCUT2D eigenvalue weighted by Gasteiger charge is -2.05. The fraction of sp³-hybridized carbons (Fsp3) is 0.158. The van der Waals surface area contributed by atoms with Crippen molar-refractivity contribution < 1.29 is 8.81 Å². The Morgan fingerprint density at radius 2 is 1.85 bits per heavy atom. The van der Waals surface area contributed by atoms with Gasteiger partial charge in [0.05, 0.1) is 5.69 Å². The van der Waals surface area contributed by atoms with Crippen LogP contribution >= 0.6 is 24.0 Å². The molecular weight excluding hydrogens is 446 g/mol. The van der Waals surface area contributed by atoms with Crippen molar-refractivity contribution in [1.29, 1.82) is 0 Å². The maximum Gasteiger partial charge on any atom is 0.226 e. The Morgan fingerprint density at radius 1 is 1.15 bits per heavy atom. The molecule has 136 valence electrons. The van der Waals surface area contributed by atoms with E-state index in [2.05, 4.69) is 15.3 Å². The number of aliphatic imine (C=N–C) groups is 1. The van der Waals surface area contributed by atoms with E-state index in [1.54, 1.807) is 18.4 Å². The van der Waals surface area contributed by atoms with Crippen LogP contribution < -0.4 is 11.1 Å². The highest BCUT2D eigenvalue weighted by molar-refractivity contribution is 14.0. The topological polar surface area (TPSA) is 76.4 Å². The molecule has 0 amide bonds. The van der Waals surface area contributed by atoms with E-state index in [4.69, 9.17) is 10.2 Å². The van der Waals surface area contributed by atoms with Gasteiger partial charge in [0.25, 0.3) is 0 Å². The van der Waals surface area contributed by atoms with Crippen molar-refractivity contribution in [3.05, 3.63) is 71.9 Å². The molecular formula is C19H20FIN4O. The molecule has 0 fully saturated rings. The molecule has 0 spiro atoms. The molecule has 3 aromatic rings. The third-order valence-electron chi connectivity index (χ3n) is 3.62. The van der Waals surface area contributed by atoms with Crippen LogP contribution in [0.2, 0.25) is 0 Å². The van der Waals surface area contributed by atoms with Gasteiger partial charge in [0.2, 0.25) is 5.89 Å². The van der Waals surface area contributed by atoms with Crippen molar-refractivity contribution in [2.75, 3.05) is 11.9 Å². The maximum atomic E-state index is 12.9. The summed E-state index contributed by atoms with van der Waals surface area (Å²) in [7, 11) is 0. The maximum absolute atomic E-state index is 12.9. The van der Waals surface area contributed by atoms with Gasteiger partial charge in [-0.1, -0.05) is 17.7 Å². The van der Waals surface area contributed by atoms with Gasteiger partial charge in [-0.25, -0.2) is 9.37 Å². The first-order valence-electron chi connectivity index (χ1n) is 7.94. The van der Waals surface area contributed by atoms with E-state index in [0.29, 0.717) is 24.8 Å². The second kappa shape index (κ2) is 9.33. The molecule has 3 rings (SSSR count). The highest BCUT2D eigenvalue weighted by Gasteiger charge is 2.06. The average Bonchev–Trinajstić information content (AvgIpc) is 3.06. The molecule has 1 aromatic heterocycles. The molecule has 5 nitrogen and oxygen atoms in total. The van der Waals surface area contributed by atoms with Gasteiger partial charge in [0.1, 0.15) is 12.1 Å². The highest BCUT2D eigenvalue weighted by atomic mass is 127. The van der Waals surface area contributed by atoms with Gasteiger partial charge in [-0.3, -0.25) is 4.99 Å². The molecule has 1 heterocycles. The second-order valence-electron chi connectivity index (χ2n) is 5.66. The first-order valence-corrected chi connectivity index (χ1v) is 7.94. The number of rotatable bonds is 5. The Morgan fingerprint density at radius 3 is 2.54 bits per heavy atom. The number of nitrogens with one attached hydrogen (secondary N) is 1. The molecule has 0 bridgehead atoms. The SMILES string of the molecule is Cc1ccc(NC(N)=NCCc2coc(-c3ccc(F)cc3)n2)cc1.I. The number of nitrogens with zero attached hydrogens (tertiary/aromatic N) is 2. The van der Waals surface area contributed by atoms with E-state index in [-0.39, 0.29) is 29.8 Å². The van der Waals surface area contributed by atoms with Gasteiger partial charge in [0, 0.05) is 24.2 Å². The van der Waals surface area contributed by atoms with Gasteiger partial charge in [-0.15, -0.1) is 24.0 Å². The van der Waals surface area contributed by atoms with Gasteiger partial charge < -0.3 is 15.5 Å². The Balaban J connectivity index is 0.00000243. The van der Waals surface area contributed by atoms with Crippen molar-refractivity contribution in [1.82, 2.24) is 4.98 Å². The van der Waals surface area contributed by atoms with Crippen molar-refractivity contribution in [3.63, 3.8) is 0 Å². The molecule has 0 atom stereocenters. The normalized spacial score (nSPS) is 11.1. The summed E-state index contributed by atoms with van der Waals surface area (Å²) in [6.07, 6.45) is 2.18. The molecule has 0 aliphatic rings. The molecule has 0 unspecified atom stereocenters. The van der Waals surface area contributed by atoms with Crippen LogP contribution in [-0.2, 0) is 6.42 Å². The molecule has 0 radical (unpaired) electrons. The first kappa shape index (κ1) is 19.9. The summed E-state index contributed by atoms with van der Waals surface area (Å²) in [5.74, 6) is 0.525. The van der Waals surface area contributed by atoms with Gasteiger partial charge in [-0.05, 0) is 43.3 Å². The number of aromatic nitrogens is 1. The molecule has 0 aliphatic carbocycles.